The number of rotatable bonds is 5. The number of aliphatic hydroxyl groups is 1. The molecule has 0 aliphatic carbocycles. The van der Waals surface area contributed by atoms with Gasteiger partial charge in [0.2, 0.25) is 11.6 Å². The van der Waals surface area contributed by atoms with E-state index in [2.05, 4.69) is 30.8 Å². The number of aliphatic hydroxyl groups excluding tert-OH is 1. The number of benzene rings is 1. The number of tetrazole rings is 1. The summed E-state index contributed by atoms with van der Waals surface area (Å²) in [6.07, 6.45) is 3.10. The molecule has 0 unspecified atom stereocenters. The van der Waals surface area contributed by atoms with Gasteiger partial charge in [-0.2, -0.15) is 10.3 Å². The fourth-order valence-corrected chi connectivity index (χ4v) is 2.05. The van der Waals surface area contributed by atoms with E-state index >= 15 is 0 Å². The average molecular weight is 311 g/mol. The number of carbonyl (C=O) groups excluding carboxylic acids is 1. The summed E-state index contributed by atoms with van der Waals surface area (Å²) in [5.41, 5.74) is 8.30. The molecule has 0 aliphatic heterocycles. The van der Waals surface area contributed by atoms with Crippen molar-refractivity contribution >= 4 is 17.2 Å². The van der Waals surface area contributed by atoms with Gasteiger partial charge < -0.3 is 10.8 Å². The lowest BCUT2D eigenvalue weighted by Crippen LogP contribution is -2.03. The molecule has 9 nitrogen and oxygen atoms in total. The van der Waals surface area contributed by atoms with Crippen molar-refractivity contribution in [2.45, 2.75) is 6.42 Å². The van der Waals surface area contributed by atoms with E-state index < -0.39 is 5.78 Å². The molecule has 5 N–H and O–H groups in total. The maximum atomic E-state index is 12.3. The summed E-state index contributed by atoms with van der Waals surface area (Å²) >= 11 is 0. The first-order valence-electron chi connectivity index (χ1n) is 6.69. The molecule has 3 aromatic rings. The summed E-state index contributed by atoms with van der Waals surface area (Å²) in [5, 5.41) is 29.0. The van der Waals surface area contributed by atoms with Crippen LogP contribution in [0.15, 0.2) is 36.5 Å². The molecule has 116 valence electrons. The van der Waals surface area contributed by atoms with E-state index in [1.807, 2.05) is 12.1 Å². The molecule has 3 rings (SSSR count). The molecule has 0 bridgehead atoms. The van der Waals surface area contributed by atoms with Gasteiger partial charge in [0.1, 0.15) is 5.69 Å². The SMILES string of the molecule is Nc1ccc(Cc2cn[nH]c2C(=O)C=C(O)c2nn[nH]n2)cc1. The average Bonchev–Trinajstić information content (AvgIpc) is 3.20. The van der Waals surface area contributed by atoms with Gasteiger partial charge in [-0.1, -0.05) is 12.1 Å². The Morgan fingerprint density at radius 1 is 1.30 bits per heavy atom. The van der Waals surface area contributed by atoms with Crippen LogP contribution in [0.5, 0.6) is 0 Å². The van der Waals surface area contributed by atoms with E-state index in [1.54, 1.807) is 18.3 Å². The number of nitrogens with one attached hydrogen (secondary N) is 2. The third-order valence-corrected chi connectivity index (χ3v) is 3.18. The van der Waals surface area contributed by atoms with Crippen LogP contribution in [0.1, 0.15) is 27.4 Å². The zero-order valence-corrected chi connectivity index (χ0v) is 11.9. The summed E-state index contributed by atoms with van der Waals surface area (Å²) in [6.45, 7) is 0. The van der Waals surface area contributed by atoms with Crippen molar-refractivity contribution < 1.29 is 9.90 Å². The summed E-state index contributed by atoms with van der Waals surface area (Å²) in [5.74, 6) is -0.870. The highest BCUT2D eigenvalue weighted by molar-refractivity contribution is 6.07. The van der Waals surface area contributed by atoms with Gasteiger partial charge in [-0.25, -0.2) is 0 Å². The second-order valence-electron chi connectivity index (χ2n) is 4.82. The van der Waals surface area contributed by atoms with Crippen molar-refractivity contribution in [3.63, 3.8) is 0 Å². The second-order valence-corrected chi connectivity index (χ2v) is 4.82. The molecule has 9 heteroatoms. The lowest BCUT2D eigenvalue weighted by molar-refractivity contribution is 0.104. The first-order chi connectivity index (χ1) is 11.1. The minimum absolute atomic E-state index is 0.0575. The molecule has 2 aromatic heterocycles. The first kappa shape index (κ1) is 14.4. The monoisotopic (exact) mass is 311 g/mol. The summed E-state index contributed by atoms with van der Waals surface area (Å²) in [4.78, 5) is 12.3. The third-order valence-electron chi connectivity index (χ3n) is 3.18. The predicted octanol–water partition coefficient (Wildman–Crippen LogP) is 0.878. The van der Waals surface area contributed by atoms with Gasteiger partial charge in [0.05, 0.1) is 6.20 Å². The van der Waals surface area contributed by atoms with Crippen molar-refractivity contribution in [1.29, 1.82) is 0 Å². The van der Waals surface area contributed by atoms with E-state index in [0.29, 0.717) is 17.7 Å². The normalized spacial score (nSPS) is 11.6. The van der Waals surface area contributed by atoms with Crippen LogP contribution >= 0.6 is 0 Å². The van der Waals surface area contributed by atoms with Crippen LogP contribution in [0.3, 0.4) is 0 Å². The van der Waals surface area contributed by atoms with Gasteiger partial charge in [-0.15, -0.1) is 10.2 Å². The van der Waals surface area contributed by atoms with Crippen LogP contribution in [0.4, 0.5) is 5.69 Å². The zero-order valence-electron chi connectivity index (χ0n) is 11.9. The number of carbonyl (C=O) groups is 1. The largest absolute Gasteiger partial charge is 0.504 e. The molecule has 0 spiro atoms. The lowest BCUT2D eigenvalue weighted by atomic mass is 10.0. The van der Waals surface area contributed by atoms with Crippen LogP contribution in [0.2, 0.25) is 0 Å². The van der Waals surface area contributed by atoms with E-state index in [-0.39, 0.29) is 17.3 Å². The van der Waals surface area contributed by atoms with Crippen LogP contribution < -0.4 is 5.73 Å². The Hall–Kier alpha value is -3.49. The minimum atomic E-state index is -0.435. The zero-order chi connectivity index (χ0) is 16.2. The number of aromatic nitrogens is 6. The maximum Gasteiger partial charge on any atom is 0.239 e. The Bertz CT molecular complexity index is 834. The van der Waals surface area contributed by atoms with E-state index in [1.165, 1.54) is 0 Å². The Morgan fingerprint density at radius 2 is 2.09 bits per heavy atom. The highest BCUT2D eigenvalue weighted by atomic mass is 16.3. The standard InChI is InChI=1S/C14H13N7O2/c15-10-3-1-8(2-4-10)5-9-7-16-17-13(9)11(22)6-12(23)14-18-20-21-19-14/h1-4,6-7,23H,5,15H2,(H,16,17)(H,18,19,20,21). The Balaban J connectivity index is 1.81. The van der Waals surface area contributed by atoms with Gasteiger partial charge in [0.25, 0.3) is 0 Å². The molecule has 0 amide bonds. The van der Waals surface area contributed by atoms with Crippen LogP contribution in [-0.2, 0) is 6.42 Å². The van der Waals surface area contributed by atoms with Crippen LogP contribution in [0.25, 0.3) is 5.76 Å². The van der Waals surface area contributed by atoms with E-state index in [4.69, 9.17) is 5.73 Å². The number of aromatic amines is 2. The fourth-order valence-electron chi connectivity index (χ4n) is 2.05. The molecule has 2 heterocycles. The van der Waals surface area contributed by atoms with Crippen molar-refractivity contribution in [3.8, 4) is 0 Å². The highest BCUT2D eigenvalue weighted by Crippen LogP contribution is 2.15. The van der Waals surface area contributed by atoms with Gasteiger partial charge in [-0.05, 0) is 22.9 Å². The molecule has 0 aliphatic rings. The number of anilines is 1. The van der Waals surface area contributed by atoms with E-state index in [9.17, 15) is 9.90 Å². The summed E-state index contributed by atoms with van der Waals surface area (Å²) in [6, 6.07) is 7.34. The Kier molecular flexibility index (Phi) is 3.83. The quantitative estimate of drug-likeness (QED) is 0.237. The Labute approximate surface area is 130 Å². The smallest absolute Gasteiger partial charge is 0.239 e. The summed E-state index contributed by atoms with van der Waals surface area (Å²) in [7, 11) is 0. The van der Waals surface area contributed by atoms with Gasteiger partial charge in [0.15, 0.2) is 5.76 Å². The van der Waals surface area contributed by atoms with Gasteiger partial charge in [-0.3, -0.25) is 9.89 Å². The van der Waals surface area contributed by atoms with Crippen LogP contribution in [-0.4, -0.2) is 41.7 Å². The van der Waals surface area contributed by atoms with Crippen LogP contribution in [0, 0.1) is 0 Å². The lowest BCUT2D eigenvalue weighted by Gasteiger charge is -2.02. The van der Waals surface area contributed by atoms with Crippen molar-refractivity contribution in [1.82, 2.24) is 30.8 Å². The third kappa shape index (κ3) is 3.23. The number of hydrogen-bond donors (Lipinski definition) is 4. The molecule has 23 heavy (non-hydrogen) atoms. The molecule has 0 saturated carbocycles. The summed E-state index contributed by atoms with van der Waals surface area (Å²) < 4.78 is 0. The minimum Gasteiger partial charge on any atom is -0.504 e. The van der Waals surface area contributed by atoms with Gasteiger partial charge in [0, 0.05) is 23.7 Å². The van der Waals surface area contributed by atoms with Crippen molar-refractivity contribution in [3.05, 3.63) is 59.2 Å². The maximum absolute atomic E-state index is 12.3. The molecular weight excluding hydrogens is 298 g/mol. The molecule has 0 atom stereocenters. The molecular formula is C14H13N7O2. The number of nitrogen functional groups attached to an aromatic ring is 1. The first-order valence-corrected chi connectivity index (χ1v) is 6.69. The predicted molar refractivity (Wildman–Crippen MR) is 81.4 cm³/mol. The van der Waals surface area contributed by atoms with Crippen molar-refractivity contribution in [2.24, 2.45) is 0 Å². The molecule has 0 saturated heterocycles. The topological polar surface area (TPSA) is 146 Å². The fraction of sp³-hybridized carbons (Fsp3) is 0.0714. The number of allylic oxidation sites excluding steroid dienone is 1. The number of ketones is 1. The second kappa shape index (κ2) is 6.10. The number of nitrogens with two attached hydrogens (primary N) is 1. The van der Waals surface area contributed by atoms with Gasteiger partial charge >= 0.3 is 0 Å². The Morgan fingerprint density at radius 3 is 2.78 bits per heavy atom. The molecule has 1 aromatic carbocycles. The highest BCUT2D eigenvalue weighted by Gasteiger charge is 2.15. The van der Waals surface area contributed by atoms with Crippen molar-refractivity contribution in [2.75, 3.05) is 5.73 Å². The number of hydrogen-bond acceptors (Lipinski definition) is 7. The molecule has 0 radical (unpaired) electrons. The number of H-pyrrole nitrogens is 2. The molecule has 0 fully saturated rings. The van der Waals surface area contributed by atoms with E-state index in [0.717, 1.165) is 11.6 Å². The number of nitrogens with zero attached hydrogens (tertiary/aromatic N) is 4.